The van der Waals surface area contributed by atoms with Gasteiger partial charge in [-0.2, -0.15) is 0 Å². The van der Waals surface area contributed by atoms with Gasteiger partial charge < -0.3 is 9.47 Å². The number of carbonyl (C=O) groups excluding carboxylic acids is 1. The van der Waals surface area contributed by atoms with E-state index in [1.54, 1.807) is 0 Å². The molecule has 0 radical (unpaired) electrons. The molecule has 0 aliphatic heterocycles. The molecule has 1 rings (SSSR count). The normalized spacial score (nSPS) is 13.0. The van der Waals surface area contributed by atoms with Gasteiger partial charge >= 0.3 is 6.16 Å². The number of benzene rings is 1. The predicted molar refractivity (Wildman–Crippen MR) is 78.5 cm³/mol. The Bertz CT molecular complexity index is 485. The van der Waals surface area contributed by atoms with E-state index < -0.39 is 15.5 Å². The average molecular weight is 407 g/mol. The molecule has 0 saturated heterocycles. The number of alkyl halides is 4. The minimum atomic E-state index is -2.00. The van der Waals surface area contributed by atoms with Crippen molar-refractivity contribution in [2.24, 2.45) is 0 Å². The first kappa shape index (κ1) is 17.6. The van der Waals surface area contributed by atoms with Gasteiger partial charge in [-0.25, -0.2) is 4.79 Å². The first-order valence-corrected chi connectivity index (χ1v) is 7.05. The molecule has 19 heavy (non-hydrogen) atoms. The molecule has 0 aliphatic carbocycles. The Labute approximate surface area is 143 Å². The van der Waals surface area contributed by atoms with Crippen molar-refractivity contribution in [1.29, 1.82) is 0 Å². The summed E-state index contributed by atoms with van der Waals surface area (Å²) in [5, 5.41) is 0.382. The molecular weight excluding hydrogens is 404 g/mol. The van der Waals surface area contributed by atoms with Gasteiger partial charge in [0.15, 0.2) is 5.75 Å². The van der Waals surface area contributed by atoms with E-state index in [9.17, 15) is 4.79 Å². The molecule has 0 aromatic heterocycles. The van der Waals surface area contributed by atoms with E-state index in [1.807, 2.05) is 0 Å². The van der Waals surface area contributed by atoms with Crippen LogP contribution in [0.4, 0.5) is 4.79 Å². The van der Waals surface area contributed by atoms with Gasteiger partial charge in [0.2, 0.25) is 9.36 Å². The minimum absolute atomic E-state index is 0.0476. The number of halogens is 7. The number of hydrogen-bond donors (Lipinski definition) is 0. The monoisotopic (exact) mass is 404 g/mol. The van der Waals surface area contributed by atoms with Crippen molar-refractivity contribution in [3.63, 3.8) is 0 Å². The fourth-order valence-corrected chi connectivity index (χ4v) is 1.63. The Morgan fingerprint density at radius 2 is 1.58 bits per heavy atom. The van der Waals surface area contributed by atoms with Crippen molar-refractivity contribution in [2.75, 3.05) is 0 Å². The number of carbonyl (C=O) groups is 1. The summed E-state index contributed by atoms with van der Waals surface area (Å²) in [7, 11) is 0. The summed E-state index contributed by atoms with van der Waals surface area (Å²) in [6.45, 7) is 0. The van der Waals surface area contributed by atoms with Gasteiger partial charge in [-0.15, -0.1) is 0 Å². The molecule has 1 atom stereocenters. The van der Waals surface area contributed by atoms with Crippen LogP contribution in [-0.2, 0) is 4.74 Å². The third-order valence-corrected chi connectivity index (χ3v) is 3.99. The van der Waals surface area contributed by atoms with Crippen LogP contribution in [0, 0.1) is 0 Å². The highest BCUT2D eigenvalue weighted by molar-refractivity contribution is 6.70. The summed E-state index contributed by atoms with van der Waals surface area (Å²) in [5.74, 6) is -0.0748. The van der Waals surface area contributed by atoms with Crippen molar-refractivity contribution in [2.45, 2.75) is 9.36 Å². The van der Waals surface area contributed by atoms with Gasteiger partial charge in [-0.1, -0.05) is 81.2 Å². The van der Waals surface area contributed by atoms with Crippen LogP contribution < -0.4 is 4.74 Å². The lowest BCUT2D eigenvalue weighted by Crippen LogP contribution is -2.27. The average Bonchev–Trinajstić information content (AvgIpc) is 2.24. The zero-order valence-corrected chi connectivity index (χ0v) is 13.9. The summed E-state index contributed by atoms with van der Waals surface area (Å²) < 4.78 is 7.27. The second-order valence-corrected chi connectivity index (χ2v) is 7.01. The maximum Gasteiger partial charge on any atom is 0.515 e. The molecule has 0 saturated carbocycles. The number of rotatable bonds is 2. The predicted octanol–water partition coefficient (Wildman–Crippen LogP) is 6.10. The van der Waals surface area contributed by atoms with Gasteiger partial charge in [0, 0.05) is 6.07 Å². The van der Waals surface area contributed by atoms with Gasteiger partial charge in [-0.3, -0.25) is 0 Å². The first-order valence-electron chi connectivity index (χ1n) is 4.35. The highest BCUT2D eigenvalue weighted by Crippen LogP contribution is 2.36. The van der Waals surface area contributed by atoms with E-state index >= 15 is 0 Å². The van der Waals surface area contributed by atoms with E-state index in [4.69, 9.17) is 85.9 Å². The molecule has 3 nitrogen and oxygen atoms in total. The third kappa shape index (κ3) is 5.43. The molecule has 10 heteroatoms. The molecule has 0 heterocycles. The van der Waals surface area contributed by atoms with Crippen molar-refractivity contribution in [3.8, 4) is 5.75 Å². The Hall–Kier alpha value is 0.520. The molecule has 0 spiro atoms. The Morgan fingerprint density at radius 1 is 1.05 bits per heavy atom. The quantitative estimate of drug-likeness (QED) is 0.257. The minimum Gasteiger partial charge on any atom is -0.410 e. The maximum absolute atomic E-state index is 11.4. The lowest BCUT2D eigenvalue weighted by atomic mass is 10.3. The third-order valence-electron chi connectivity index (χ3n) is 1.63. The summed E-state index contributed by atoms with van der Waals surface area (Å²) in [6.07, 6.45) is -1.22. The van der Waals surface area contributed by atoms with Crippen molar-refractivity contribution in [3.05, 3.63) is 27.2 Å². The molecule has 0 fully saturated rings. The SMILES string of the molecule is O=C(Oc1cc(Cl)c(Cl)cc1Cl)OC(Cl)C(Cl)(Cl)Cl. The van der Waals surface area contributed by atoms with Crippen LogP contribution in [0.15, 0.2) is 12.1 Å². The second-order valence-electron chi connectivity index (χ2n) is 3.02. The molecule has 0 amide bonds. The van der Waals surface area contributed by atoms with Crippen molar-refractivity contribution in [1.82, 2.24) is 0 Å². The molecular formula is C9H3Cl7O3. The summed E-state index contributed by atoms with van der Waals surface area (Å²) in [4.78, 5) is 11.4. The number of ether oxygens (including phenoxy) is 2. The fraction of sp³-hybridized carbons (Fsp3) is 0.222. The Kier molecular flexibility index (Phi) is 6.46. The zero-order valence-electron chi connectivity index (χ0n) is 8.60. The summed E-state index contributed by atoms with van der Waals surface area (Å²) in [6, 6.07) is 2.52. The molecule has 1 aromatic rings. The first-order chi connectivity index (χ1) is 8.61. The van der Waals surface area contributed by atoms with Crippen LogP contribution in [0.3, 0.4) is 0 Å². The topological polar surface area (TPSA) is 35.5 Å². The van der Waals surface area contributed by atoms with Crippen LogP contribution in [0.2, 0.25) is 15.1 Å². The van der Waals surface area contributed by atoms with Crippen LogP contribution in [-0.4, -0.2) is 15.5 Å². The Balaban J connectivity index is 2.76. The van der Waals surface area contributed by atoms with Gasteiger partial charge in [0.25, 0.3) is 0 Å². The highest BCUT2D eigenvalue weighted by Gasteiger charge is 2.35. The van der Waals surface area contributed by atoms with Crippen molar-refractivity contribution < 1.29 is 14.3 Å². The highest BCUT2D eigenvalue weighted by atomic mass is 35.6. The fourth-order valence-electron chi connectivity index (χ4n) is 0.848. The van der Waals surface area contributed by atoms with Crippen molar-refractivity contribution >= 4 is 87.4 Å². The van der Waals surface area contributed by atoms with E-state index in [-0.39, 0.29) is 20.8 Å². The van der Waals surface area contributed by atoms with E-state index in [0.29, 0.717) is 0 Å². The standard InChI is InChI=1S/C9H3Cl7O3/c10-3-1-5(12)6(2-4(3)11)18-8(17)19-7(13)9(14,15)16/h1-2,7H. The molecule has 106 valence electrons. The van der Waals surface area contributed by atoms with Crippen LogP contribution in [0.25, 0.3) is 0 Å². The van der Waals surface area contributed by atoms with Crippen LogP contribution >= 0.6 is 81.2 Å². The number of hydrogen-bond acceptors (Lipinski definition) is 3. The van der Waals surface area contributed by atoms with E-state index in [0.717, 1.165) is 0 Å². The smallest absolute Gasteiger partial charge is 0.410 e. The summed E-state index contributed by atoms with van der Waals surface area (Å²) >= 11 is 39.0. The summed E-state index contributed by atoms with van der Waals surface area (Å²) in [5.41, 5.74) is -1.54. The van der Waals surface area contributed by atoms with Crippen LogP contribution in [0.5, 0.6) is 5.75 Å². The molecule has 1 aromatic carbocycles. The zero-order chi connectivity index (χ0) is 14.8. The molecule has 0 bridgehead atoms. The van der Waals surface area contributed by atoms with Gasteiger partial charge in [0.1, 0.15) is 0 Å². The maximum atomic E-state index is 11.4. The van der Waals surface area contributed by atoms with Gasteiger partial charge in [0.05, 0.1) is 15.1 Å². The van der Waals surface area contributed by atoms with E-state index in [2.05, 4.69) is 4.74 Å². The second kappa shape index (κ2) is 6.99. The molecule has 0 aliphatic rings. The lowest BCUT2D eigenvalue weighted by Gasteiger charge is -2.17. The Morgan fingerprint density at radius 3 is 2.11 bits per heavy atom. The molecule has 1 unspecified atom stereocenters. The van der Waals surface area contributed by atoms with E-state index in [1.165, 1.54) is 12.1 Å². The lowest BCUT2D eigenvalue weighted by molar-refractivity contribution is 0.0882. The largest absolute Gasteiger partial charge is 0.515 e. The molecule has 0 N–H and O–H groups in total. The van der Waals surface area contributed by atoms with Crippen LogP contribution in [0.1, 0.15) is 0 Å². The van der Waals surface area contributed by atoms with Gasteiger partial charge in [-0.05, 0) is 6.07 Å².